The van der Waals surface area contributed by atoms with Gasteiger partial charge in [-0.2, -0.15) is 17.4 Å². The molecule has 0 aliphatic carbocycles. The fourth-order valence-electron chi connectivity index (χ4n) is 2.46. The fraction of sp³-hybridized carbons (Fsp3) is 0.600. The first-order valence-electron chi connectivity index (χ1n) is 7.61. The Morgan fingerprint density at radius 1 is 1.12 bits per heavy atom. The van der Waals surface area contributed by atoms with Crippen molar-refractivity contribution in [3.63, 3.8) is 0 Å². The summed E-state index contributed by atoms with van der Waals surface area (Å²) in [6.07, 6.45) is 0. The van der Waals surface area contributed by atoms with Gasteiger partial charge in [-0.25, -0.2) is 0 Å². The van der Waals surface area contributed by atoms with Crippen LogP contribution in [0.1, 0.15) is 16.7 Å². The molecule has 0 spiro atoms. The second-order valence-electron chi connectivity index (χ2n) is 5.42. The second kappa shape index (κ2) is 10.3. The smallest absolute Gasteiger partial charge is 0.279 e. The molecule has 0 aromatic heterocycles. The molecular formula is C15H26ClN3O4S. The molecule has 1 aliphatic rings. The predicted octanol–water partition coefficient (Wildman–Crippen LogP) is 0.641. The summed E-state index contributed by atoms with van der Waals surface area (Å²) in [6.45, 7) is 3.26. The van der Waals surface area contributed by atoms with Crippen molar-refractivity contribution in [2.24, 2.45) is 0 Å². The lowest BCUT2D eigenvalue weighted by Gasteiger charge is -2.22. The van der Waals surface area contributed by atoms with E-state index in [0.717, 1.165) is 18.7 Å². The molecule has 2 rings (SSSR count). The van der Waals surface area contributed by atoms with Crippen molar-refractivity contribution < 1.29 is 17.9 Å². The van der Waals surface area contributed by atoms with Gasteiger partial charge in [0.05, 0.1) is 13.2 Å². The third-order valence-electron chi connectivity index (χ3n) is 3.79. The van der Waals surface area contributed by atoms with Gasteiger partial charge in [0.15, 0.2) is 0 Å². The third kappa shape index (κ3) is 5.96. The summed E-state index contributed by atoms with van der Waals surface area (Å²) in [5.41, 5.74) is 3.46. The van der Waals surface area contributed by atoms with Gasteiger partial charge in [-0.15, -0.1) is 12.4 Å². The van der Waals surface area contributed by atoms with Crippen molar-refractivity contribution in [1.29, 1.82) is 0 Å². The maximum Gasteiger partial charge on any atom is 0.279 e. The van der Waals surface area contributed by atoms with Gasteiger partial charge >= 0.3 is 0 Å². The molecule has 9 heteroatoms. The summed E-state index contributed by atoms with van der Waals surface area (Å²) in [5.74, 6) is 0. The molecule has 0 atom stereocenters. The molecule has 0 unspecified atom stereocenters. The topological polar surface area (TPSA) is 79.9 Å². The Labute approximate surface area is 150 Å². The van der Waals surface area contributed by atoms with E-state index in [1.807, 2.05) is 18.2 Å². The minimum atomic E-state index is -3.57. The Morgan fingerprint density at radius 2 is 1.75 bits per heavy atom. The van der Waals surface area contributed by atoms with Crippen LogP contribution in [0.2, 0.25) is 0 Å². The van der Waals surface area contributed by atoms with E-state index in [1.165, 1.54) is 15.4 Å². The number of rotatable bonds is 10. The van der Waals surface area contributed by atoms with Crippen LogP contribution in [0.15, 0.2) is 18.2 Å². The summed E-state index contributed by atoms with van der Waals surface area (Å²) in [4.78, 5) is 0. The number of nitrogens with one attached hydrogen (secondary N) is 2. The zero-order valence-electron chi connectivity index (χ0n) is 14.1. The Balaban J connectivity index is 0.00000288. The van der Waals surface area contributed by atoms with Crippen molar-refractivity contribution in [1.82, 2.24) is 14.3 Å². The molecule has 0 saturated heterocycles. The normalized spacial score (nSPS) is 13.8. The minimum Gasteiger partial charge on any atom is -0.383 e. The quantitative estimate of drug-likeness (QED) is 0.623. The molecule has 0 saturated carbocycles. The molecule has 138 valence electrons. The van der Waals surface area contributed by atoms with E-state index in [4.69, 9.17) is 9.47 Å². The first kappa shape index (κ1) is 21.3. The lowest BCUT2D eigenvalue weighted by Crippen LogP contribution is -2.43. The highest BCUT2D eigenvalue weighted by molar-refractivity contribution is 7.87. The Bertz CT molecular complexity index is 605. The summed E-state index contributed by atoms with van der Waals surface area (Å²) in [7, 11) is -0.474. The van der Waals surface area contributed by atoms with Crippen LogP contribution in [-0.4, -0.2) is 53.2 Å². The van der Waals surface area contributed by atoms with Gasteiger partial charge in [0.2, 0.25) is 0 Å². The van der Waals surface area contributed by atoms with Crippen molar-refractivity contribution in [2.45, 2.75) is 19.6 Å². The molecule has 1 aromatic rings. The van der Waals surface area contributed by atoms with Crippen LogP contribution in [0.25, 0.3) is 0 Å². The number of benzene rings is 1. The number of methoxy groups -OCH3 is 2. The second-order valence-corrected chi connectivity index (χ2v) is 7.17. The van der Waals surface area contributed by atoms with E-state index in [-0.39, 0.29) is 19.0 Å². The molecule has 7 nitrogen and oxygen atoms in total. The number of hydrogen-bond acceptors (Lipinski definition) is 5. The van der Waals surface area contributed by atoms with Crippen LogP contribution in [-0.2, 0) is 39.3 Å². The molecular weight excluding hydrogens is 354 g/mol. The predicted molar refractivity (Wildman–Crippen MR) is 95.3 cm³/mol. The highest BCUT2D eigenvalue weighted by atomic mass is 35.5. The number of hydrogen-bond donors (Lipinski definition) is 2. The van der Waals surface area contributed by atoms with Crippen molar-refractivity contribution >= 4 is 22.6 Å². The third-order valence-corrected chi connectivity index (χ3v) is 5.34. The number of ether oxygens (including phenoxy) is 2. The van der Waals surface area contributed by atoms with Gasteiger partial charge in [-0.1, -0.05) is 18.2 Å². The van der Waals surface area contributed by atoms with Gasteiger partial charge in [-0.05, 0) is 16.7 Å². The molecule has 24 heavy (non-hydrogen) atoms. The minimum absolute atomic E-state index is 0. The largest absolute Gasteiger partial charge is 0.383 e. The standard InChI is InChI=1S/C15H25N3O4S.ClH/c1-21-7-5-18(6-8-22-2)23(19,20)17-10-13-3-4-14-11-16-12-15(14)9-13;/h3-4,9,16-17H,5-8,10-12H2,1-2H3;1H. The number of fused-ring (bicyclic) bond motifs is 1. The lowest BCUT2D eigenvalue weighted by molar-refractivity contribution is 0.149. The van der Waals surface area contributed by atoms with Crippen molar-refractivity contribution in [2.75, 3.05) is 40.5 Å². The zero-order chi connectivity index (χ0) is 16.7. The average Bonchev–Trinajstić information content (AvgIpc) is 3.00. The number of nitrogens with zero attached hydrogens (tertiary/aromatic N) is 1. The van der Waals surface area contributed by atoms with E-state index in [9.17, 15) is 8.42 Å². The summed E-state index contributed by atoms with van der Waals surface area (Å²) in [5, 5.41) is 3.28. The average molecular weight is 380 g/mol. The summed E-state index contributed by atoms with van der Waals surface area (Å²) >= 11 is 0. The molecule has 1 aromatic carbocycles. The Hall–Kier alpha value is -0.740. The van der Waals surface area contributed by atoms with Crippen molar-refractivity contribution in [3.05, 3.63) is 34.9 Å². The van der Waals surface area contributed by atoms with E-state index < -0.39 is 10.2 Å². The van der Waals surface area contributed by atoms with E-state index in [2.05, 4.69) is 10.0 Å². The van der Waals surface area contributed by atoms with Crippen LogP contribution in [0.5, 0.6) is 0 Å². The monoisotopic (exact) mass is 379 g/mol. The highest BCUT2D eigenvalue weighted by Gasteiger charge is 2.21. The fourth-order valence-corrected chi connectivity index (χ4v) is 3.62. The van der Waals surface area contributed by atoms with Gasteiger partial charge in [0.1, 0.15) is 0 Å². The SMILES string of the molecule is COCCN(CCOC)S(=O)(=O)NCc1ccc2c(c1)CNC2.Cl. The summed E-state index contributed by atoms with van der Waals surface area (Å²) < 4.78 is 38.8. The molecule has 0 fully saturated rings. The Kier molecular flexibility index (Phi) is 9.14. The molecule has 2 N–H and O–H groups in total. The molecule has 1 heterocycles. The van der Waals surface area contributed by atoms with Crippen LogP contribution >= 0.6 is 12.4 Å². The zero-order valence-corrected chi connectivity index (χ0v) is 15.7. The van der Waals surface area contributed by atoms with E-state index in [0.29, 0.717) is 26.3 Å². The van der Waals surface area contributed by atoms with E-state index >= 15 is 0 Å². The summed E-state index contributed by atoms with van der Waals surface area (Å²) in [6, 6.07) is 6.06. The maximum atomic E-state index is 12.4. The van der Waals surface area contributed by atoms with Crippen molar-refractivity contribution in [3.8, 4) is 0 Å². The van der Waals surface area contributed by atoms with Crippen LogP contribution in [0.3, 0.4) is 0 Å². The molecule has 1 aliphatic heterocycles. The van der Waals surface area contributed by atoms with Crippen LogP contribution in [0, 0.1) is 0 Å². The van der Waals surface area contributed by atoms with Gasteiger partial charge in [-0.3, -0.25) is 0 Å². The molecule has 0 bridgehead atoms. The van der Waals surface area contributed by atoms with E-state index in [1.54, 1.807) is 14.2 Å². The first-order valence-corrected chi connectivity index (χ1v) is 9.05. The lowest BCUT2D eigenvalue weighted by atomic mass is 10.1. The van der Waals surface area contributed by atoms with Crippen LogP contribution < -0.4 is 10.0 Å². The van der Waals surface area contributed by atoms with Gasteiger partial charge in [0, 0.05) is 46.9 Å². The van der Waals surface area contributed by atoms with Gasteiger partial charge < -0.3 is 14.8 Å². The first-order chi connectivity index (χ1) is 11.1. The Morgan fingerprint density at radius 3 is 2.38 bits per heavy atom. The number of halogens is 1. The highest BCUT2D eigenvalue weighted by Crippen LogP contribution is 2.17. The molecule has 0 radical (unpaired) electrons. The maximum absolute atomic E-state index is 12.4. The van der Waals surface area contributed by atoms with Gasteiger partial charge in [0.25, 0.3) is 10.2 Å². The van der Waals surface area contributed by atoms with Crippen LogP contribution in [0.4, 0.5) is 0 Å². The molecule has 0 amide bonds.